The molecule has 0 atom stereocenters. The van der Waals surface area contributed by atoms with E-state index in [0.717, 1.165) is 0 Å². The minimum atomic E-state index is -0.457. The van der Waals surface area contributed by atoms with Crippen molar-refractivity contribution in [2.24, 2.45) is 0 Å². The molecule has 8 nitrogen and oxygen atoms in total. The summed E-state index contributed by atoms with van der Waals surface area (Å²) in [5, 5.41) is 13.3. The van der Waals surface area contributed by atoms with Crippen LogP contribution in [0.25, 0.3) is 11.5 Å². The van der Waals surface area contributed by atoms with Crippen LogP contribution in [0.3, 0.4) is 0 Å². The molecule has 27 heavy (non-hydrogen) atoms. The third-order valence-electron chi connectivity index (χ3n) is 3.22. The van der Waals surface area contributed by atoms with Crippen molar-refractivity contribution >= 4 is 5.97 Å². The van der Waals surface area contributed by atoms with E-state index in [1.165, 1.54) is 0 Å². The molecule has 0 radical (unpaired) electrons. The Morgan fingerprint density at radius 1 is 1.22 bits per heavy atom. The molecule has 0 aliphatic rings. The normalized spacial score (nSPS) is 9.63. The Morgan fingerprint density at radius 3 is 2.41 bits per heavy atom. The zero-order valence-corrected chi connectivity index (χ0v) is 18.0. The maximum Gasteiger partial charge on any atom is 1.00 e. The van der Waals surface area contributed by atoms with Gasteiger partial charge in [-0.15, -0.1) is 6.61 Å². The van der Waals surface area contributed by atoms with Crippen molar-refractivity contribution in [1.29, 1.82) is 0 Å². The summed E-state index contributed by atoms with van der Waals surface area (Å²) in [5.74, 6) is 0.764. The molecule has 0 amide bonds. The minimum absolute atomic E-state index is 0. The van der Waals surface area contributed by atoms with E-state index in [0.29, 0.717) is 24.0 Å². The van der Waals surface area contributed by atoms with Gasteiger partial charge in [-0.25, -0.2) is 14.5 Å². The molecule has 0 N–H and O–H groups in total. The minimum Gasteiger partial charge on any atom is -0.855 e. The summed E-state index contributed by atoms with van der Waals surface area (Å²) in [5.41, 5.74) is 0.955. The predicted octanol–water partition coefficient (Wildman–Crippen LogP) is -1.39. The van der Waals surface area contributed by atoms with Crippen LogP contribution in [0.15, 0.2) is 48.9 Å². The number of carbonyl (C=O) groups is 1. The molecule has 3 aromatic heterocycles. The molecule has 3 rings (SSSR count). The zero-order chi connectivity index (χ0) is 18.9. The van der Waals surface area contributed by atoms with Gasteiger partial charge in [0.2, 0.25) is 5.88 Å². The zero-order valence-electron chi connectivity index (χ0n) is 16.0. The molecule has 0 aliphatic carbocycles. The van der Waals surface area contributed by atoms with Crippen LogP contribution in [0.2, 0.25) is 0 Å². The average molecular weight is 380 g/mol. The summed E-state index contributed by atoms with van der Waals surface area (Å²) in [6, 6.07) is 9.03. The van der Waals surface area contributed by atoms with Crippen LogP contribution >= 0.6 is 0 Å². The summed E-state index contributed by atoms with van der Waals surface area (Å²) < 4.78 is 13.6. The molecular formula is C18H21N4NaO4. The largest absolute Gasteiger partial charge is 1.00 e. The topological polar surface area (TPSA) is 94.2 Å². The first-order chi connectivity index (χ1) is 12.6. The summed E-state index contributed by atoms with van der Waals surface area (Å²) in [6.45, 7) is 3.63. The van der Waals surface area contributed by atoms with Crippen molar-refractivity contribution in [1.82, 2.24) is 19.3 Å². The number of esters is 1. The predicted molar refractivity (Wildman–Crippen MR) is 93.7 cm³/mol. The maximum atomic E-state index is 12.0. The molecule has 3 aromatic rings. The van der Waals surface area contributed by atoms with Crippen molar-refractivity contribution in [3.8, 4) is 17.4 Å². The van der Waals surface area contributed by atoms with E-state index in [1.54, 1.807) is 44.0 Å². The maximum absolute atomic E-state index is 12.0. The fraction of sp³-hybridized carbons (Fsp3) is 0.278. The van der Waals surface area contributed by atoms with Crippen molar-refractivity contribution in [2.75, 3.05) is 20.3 Å². The van der Waals surface area contributed by atoms with Gasteiger partial charge in [-0.3, -0.25) is 0 Å². The van der Waals surface area contributed by atoms with Crippen molar-refractivity contribution in [3.63, 3.8) is 0 Å². The Bertz CT molecular complexity index is 817. The molecule has 138 valence electrons. The molecule has 0 aliphatic heterocycles. The molecule has 9 heteroatoms. The van der Waals surface area contributed by atoms with E-state index < -0.39 is 5.97 Å². The average Bonchev–Trinajstić information content (AvgIpc) is 3.32. The quantitative estimate of drug-likeness (QED) is 0.400. The van der Waals surface area contributed by atoms with E-state index in [9.17, 15) is 4.79 Å². The van der Waals surface area contributed by atoms with Gasteiger partial charge in [0.1, 0.15) is 5.82 Å². The Hall–Kier alpha value is -2.13. The summed E-state index contributed by atoms with van der Waals surface area (Å²) >= 11 is 0. The number of hydrogen-bond donors (Lipinski definition) is 0. The van der Waals surface area contributed by atoms with Crippen LogP contribution < -0.4 is 39.4 Å². The van der Waals surface area contributed by atoms with Crippen LogP contribution in [-0.4, -0.2) is 45.6 Å². The molecular weight excluding hydrogens is 359 g/mol. The number of ether oxygens (including phenoxy) is 2. The SMILES string of the molecule is CCOC(=O)c1cc(-n2cccc2)n(-c2ccc(OC)nc2)n1.CC[O-].[Na+]. The second-order valence-electron chi connectivity index (χ2n) is 4.96. The number of rotatable bonds is 5. The van der Waals surface area contributed by atoms with Crippen LogP contribution in [0.5, 0.6) is 5.88 Å². The number of methoxy groups -OCH3 is 1. The number of carbonyl (C=O) groups excluding carboxylic acids is 1. The van der Waals surface area contributed by atoms with Crippen LogP contribution in [0, 0.1) is 0 Å². The van der Waals surface area contributed by atoms with E-state index in [-0.39, 0.29) is 41.9 Å². The van der Waals surface area contributed by atoms with Gasteiger partial charge in [-0.2, -0.15) is 5.10 Å². The molecule has 0 unspecified atom stereocenters. The number of hydrogen-bond acceptors (Lipinski definition) is 6. The second-order valence-corrected chi connectivity index (χ2v) is 4.96. The van der Waals surface area contributed by atoms with E-state index in [2.05, 4.69) is 10.1 Å². The van der Waals surface area contributed by atoms with E-state index >= 15 is 0 Å². The third-order valence-corrected chi connectivity index (χ3v) is 3.22. The Kier molecular flexibility index (Phi) is 9.81. The Balaban J connectivity index is 0.000000855. The van der Waals surface area contributed by atoms with Gasteiger partial charge in [0, 0.05) is 24.5 Å². The van der Waals surface area contributed by atoms with Crippen LogP contribution in [-0.2, 0) is 4.74 Å². The number of nitrogens with zero attached hydrogens (tertiary/aromatic N) is 4. The van der Waals surface area contributed by atoms with Gasteiger partial charge in [-0.1, -0.05) is 6.92 Å². The van der Waals surface area contributed by atoms with Gasteiger partial charge in [0.15, 0.2) is 5.69 Å². The van der Waals surface area contributed by atoms with Crippen molar-refractivity contribution in [2.45, 2.75) is 13.8 Å². The molecule has 0 fully saturated rings. The van der Waals surface area contributed by atoms with Crippen LogP contribution in [0.1, 0.15) is 24.3 Å². The van der Waals surface area contributed by atoms with Gasteiger partial charge < -0.3 is 19.1 Å². The van der Waals surface area contributed by atoms with Crippen molar-refractivity contribution in [3.05, 3.63) is 54.6 Å². The first kappa shape index (κ1) is 22.9. The number of pyridine rings is 1. The standard InChI is InChI=1S/C16H16N4O3.C2H5O.Na/c1-3-23-16(21)13-10-15(19-8-4-5-9-19)20(18-13)12-6-7-14(22-2)17-11-12;1-2-3;/h4-11H,3H2,1-2H3;2H2,1H3;/q;-1;+1. The molecule has 0 bridgehead atoms. The monoisotopic (exact) mass is 380 g/mol. The fourth-order valence-electron chi connectivity index (χ4n) is 2.16. The number of aromatic nitrogens is 4. The van der Waals surface area contributed by atoms with Gasteiger partial charge in [-0.05, 0) is 25.1 Å². The Morgan fingerprint density at radius 2 is 1.89 bits per heavy atom. The molecule has 0 aromatic carbocycles. The molecule has 3 heterocycles. The van der Waals surface area contributed by atoms with Gasteiger partial charge in [0.25, 0.3) is 0 Å². The van der Waals surface area contributed by atoms with Gasteiger partial charge in [0.05, 0.1) is 25.6 Å². The Labute approximate surface area is 180 Å². The molecule has 0 saturated heterocycles. The third kappa shape index (κ3) is 5.93. The van der Waals surface area contributed by atoms with Crippen molar-refractivity contribution < 1.29 is 48.9 Å². The van der Waals surface area contributed by atoms with Crippen LogP contribution in [0.4, 0.5) is 0 Å². The molecule has 0 spiro atoms. The van der Waals surface area contributed by atoms with E-state index in [4.69, 9.17) is 14.6 Å². The summed E-state index contributed by atoms with van der Waals surface area (Å²) in [4.78, 5) is 16.1. The smallest absolute Gasteiger partial charge is 0.855 e. The molecule has 0 saturated carbocycles. The second kappa shape index (κ2) is 11.6. The first-order valence-corrected chi connectivity index (χ1v) is 8.13. The summed E-state index contributed by atoms with van der Waals surface area (Å²) in [6.07, 6.45) is 5.38. The first-order valence-electron chi connectivity index (χ1n) is 8.13. The van der Waals surface area contributed by atoms with E-state index in [1.807, 2.05) is 35.2 Å². The summed E-state index contributed by atoms with van der Waals surface area (Å²) in [7, 11) is 1.56. The van der Waals surface area contributed by atoms with Gasteiger partial charge >= 0.3 is 35.5 Å². The fourth-order valence-corrected chi connectivity index (χ4v) is 2.16.